The molecule has 2 aromatic rings. The highest BCUT2D eigenvalue weighted by molar-refractivity contribution is 7.14. The van der Waals surface area contributed by atoms with Crippen molar-refractivity contribution in [2.45, 2.75) is 32.3 Å². The third kappa shape index (κ3) is 2.95. The van der Waals surface area contributed by atoms with Crippen LogP contribution < -0.4 is 0 Å². The fourth-order valence-electron chi connectivity index (χ4n) is 2.55. The van der Waals surface area contributed by atoms with Crippen LogP contribution in [0.2, 0.25) is 0 Å². The number of rotatable bonds is 4. The van der Waals surface area contributed by atoms with Gasteiger partial charge in [0.1, 0.15) is 10.7 Å². The monoisotopic (exact) mass is 318 g/mol. The Morgan fingerprint density at radius 3 is 2.64 bits per heavy atom. The van der Waals surface area contributed by atoms with Crippen LogP contribution in [0.25, 0.3) is 0 Å². The number of Topliss-reactive ketones (excluding diaryl/α,β-unsaturated/α-hetero) is 1. The van der Waals surface area contributed by atoms with Crippen molar-refractivity contribution in [3.8, 4) is 0 Å². The Bertz CT molecular complexity index is 697. The fourth-order valence-corrected chi connectivity index (χ4v) is 3.69. The van der Waals surface area contributed by atoms with Crippen LogP contribution in [0, 0.1) is 5.82 Å². The quantitative estimate of drug-likeness (QED) is 0.636. The van der Waals surface area contributed by atoms with E-state index in [0.29, 0.717) is 10.4 Å². The molecule has 114 valence electrons. The molecule has 1 aliphatic rings. The number of hydrogen-bond donors (Lipinski definition) is 0. The number of hydrogen-bond acceptors (Lipinski definition) is 4. The summed E-state index contributed by atoms with van der Waals surface area (Å²) in [6.45, 7) is 1.53. The first-order chi connectivity index (χ1) is 10.5. The predicted molar refractivity (Wildman–Crippen MR) is 82.0 cm³/mol. The summed E-state index contributed by atoms with van der Waals surface area (Å²) in [6.07, 6.45) is 2.26. The predicted octanol–water partition coefficient (Wildman–Crippen LogP) is 3.80. The summed E-state index contributed by atoms with van der Waals surface area (Å²) in [5.41, 5.74) is 1.55. The third-order valence-electron chi connectivity index (χ3n) is 3.73. The molecular formula is C17H15FO3S. The molecular weight excluding hydrogens is 303 g/mol. The van der Waals surface area contributed by atoms with Crippen LogP contribution >= 0.6 is 11.3 Å². The van der Waals surface area contributed by atoms with Gasteiger partial charge < -0.3 is 4.74 Å². The number of carbonyl (C=O) groups excluding carboxylic acids is 2. The van der Waals surface area contributed by atoms with Gasteiger partial charge in [-0.05, 0) is 62.1 Å². The summed E-state index contributed by atoms with van der Waals surface area (Å²) in [7, 11) is 0. The first kappa shape index (κ1) is 14.9. The third-order valence-corrected chi connectivity index (χ3v) is 4.95. The summed E-state index contributed by atoms with van der Waals surface area (Å²) in [6, 6.07) is 7.07. The molecule has 0 N–H and O–H groups in total. The Morgan fingerprint density at radius 2 is 1.95 bits per heavy atom. The fraction of sp³-hybridized carbons (Fsp3) is 0.294. The smallest absolute Gasteiger partial charge is 0.349 e. The van der Waals surface area contributed by atoms with E-state index in [-0.39, 0.29) is 5.78 Å². The summed E-state index contributed by atoms with van der Waals surface area (Å²) < 4.78 is 18.1. The molecule has 0 spiro atoms. The van der Waals surface area contributed by atoms with Gasteiger partial charge in [0.25, 0.3) is 0 Å². The summed E-state index contributed by atoms with van der Waals surface area (Å²) in [5, 5.41) is 0. The largest absolute Gasteiger partial charge is 0.450 e. The highest BCUT2D eigenvalue weighted by Crippen LogP contribution is 2.31. The Kier molecular flexibility index (Phi) is 4.07. The highest BCUT2D eigenvalue weighted by atomic mass is 32.1. The van der Waals surface area contributed by atoms with Crippen molar-refractivity contribution in [2.24, 2.45) is 0 Å². The van der Waals surface area contributed by atoms with Crippen LogP contribution in [-0.2, 0) is 17.6 Å². The Morgan fingerprint density at radius 1 is 1.23 bits per heavy atom. The van der Waals surface area contributed by atoms with E-state index in [1.807, 2.05) is 6.07 Å². The van der Waals surface area contributed by atoms with Gasteiger partial charge in [0, 0.05) is 10.4 Å². The molecule has 1 atom stereocenters. The lowest BCUT2D eigenvalue weighted by molar-refractivity contribution is 0.0323. The molecule has 1 aromatic carbocycles. The number of benzene rings is 1. The van der Waals surface area contributed by atoms with E-state index in [4.69, 9.17) is 4.74 Å². The van der Waals surface area contributed by atoms with Crippen LogP contribution in [-0.4, -0.2) is 17.9 Å². The van der Waals surface area contributed by atoms with Crippen molar-refractivity contribution < 1.29 is 18.7 Å². The van der Waals surface area contributed by atoms with Crippen molar-refractivity contribution in [3.05, 3.63) is 57.0 Å². The van der Waals surface area contributed by atoms with Crippen molar-refractivity contribution in [1.82, 2.24) is 0 Å². The molecule has 22 heavy (non-hydrogen) atoms. The minimum Gasteiger partial charge on any atom is -0.450 e. The first-order valence-corrected chi connectivity index (χ1v) is 7.98. The second kappa shape index (κ2) is 6.01. The van der Waals surface area contributed by atoms with E-state index < -0.39 is 17.9 Å². The normalized spacial score (nSPS) is 14.5. The molecule has 1 aliphatic carbocycles. The minimum absolute atomic E-state index is 0.329. The van der Waals surface area contributed by atoms with Crippen LogP contribution in [0.15, 0.2) is 30.3 Å². The molecule has 0 saturated carbocycles. The van der Waals surface area contributed by atoms with E-state index in [1.165, 1.54) is 53.0 Å². The van der Waals surface area contributed by atoms with E-state index in [9.17, 15) is 14.0 Å². The zero-order valence-electron chi connectivity index (χ0n) is 12.1. The van der Waals surface area contributed by atoms with E-state index in [2.05, 4.69) is 0 Å². The molecule has 0 radical (unpaired) electrons. The molecule has 3 rings (SSSR count). The van der Waals surface area contributed by atoms with Gasteiger partial charge in [-0.1, -0.05) is 0 Å². The van der Waals surface area contributed by atoms with Gasteiger partial charge in [-0.3, -0.25) is 4.79 Å². The van der Waals surface area contributed by atoms with Crippen molar-refractivity contribution in [2.75, 3.05) is 0 Å². The summed E-state index contributed by atoms with van der Waals surface area (Å²) in [5.74, 6) is -1.21. The van der Waals surface area contributed by atoms with Gasteiger partial charge in [0.05, 0.1) is 0 Å². The Labute approximate surface area is 131 Å². The number of ether oxygens (including phenoxy) is 1. The van der Waals surface area contributed by atoms with Gasteiger partial charge in [-0.2, -0.15) is 0 Å². The van der Waals surface area contributed by atoms with Crippen LogP contribution in [0.5, 0.6) is 0 Å². The Balaban J connectivity index is 1.67. The average molecular weight is 318 g/mol. The number of carbonyl (C=O) groups is 2. The number of ketones is 1. The highest BCUT2D eigenvalue weighted by Gasteiger charge is 2.24. The van der Waals surface area contributed by atoms with Crippen molar-refractivity contribution >= 4 is 23.1 Å². The molecule has 3 nitrogen and oxygen atoms in total. The van der Waals surface area contributed by atoms with E-state index >= 15 is 0 Å². The number of thiophene rings is 1. The lowest BCUT2D eigenvalue weighted by Gasteiger charge is -2.11. The first-order valence-electron chi connectivity index (χ1n) is 7.17. The van der Waals surface area contributed by atoms with Gasteiger partial charge in [0.15, 0.2) is 6.10 Å². The van der Waals surface area contributed by atoms with Crippen LogP contribution in [0.1, 0.15) is 43.8 Å². The number of fused-ring (bicyclic) bond motifs is 1. The van der Waals surface area contributed by atoms with Crippen molar-refractivity contribution in [3.63, 3.8) is 0 Å². The number of aryl methyl sites for hydroxylation is 2. The van der Waals surface area contributed by atoms with Gasteiger partial charge in [-0.15, -0.1) is 11.3 Å². The average Bonchev–Trinajstić information content (AvgIpc) is 3.08. The lowest BCUT2D eigenvalue weighted by atomic mass is 10.1. The maximum absolute atomic E-state index is 12.9. The molecule has 1 aromatic heterocycles. The zero-order valence-corrected chi connectivity index (χ0v) is 12.9. The summed E-state index contributed by atoms with van der Waals surface area (Å²) in [4.78, 5) is 26.1. The molecule has 5 heteroatoms. The minimum atomic E-state index is -0.894. The molecule has 0 aliphatic heterocycles. The lowest BCUT2D eigenvalue weighted by Crippen LogP contribution is -2.24. The maximum Gasteiger partial charge on any atom is 0.349 e. The van der Waals surface area contributed by atoms with Crippen LogP contribution in [0.3, 0.4) is 0 Å². The molecule has 1 heterocycles. The standard InChI is InChI=1S/C17H15FO3S/c1-10(16(19)11-5-7-13(18)8-6-11)21-17(20)15-9-12-3-2-4-14(12)22-15/h5-10H,2-4H2,1H3. The topological polar surface area (TPSA) is 43.4 Å². The van der Waals surface area contributed by atoms with Crippen LogP contribution in [0.4, 0.5) is 4.39 Å². The number of esters is 1. The molecule has 1 unspecified atom stereocenters. The molecule has 0 saturated heterocycles. The summed E-state index contributed by atoms with van der Waals surface area (Å²) >= 11 is 1.45. The molecule has 0 fully saturated rings. The molecule has 0 amide bonds. The van der Waals surface area contributed by atoms with Gasteiger partial charge in [-0.25, -0.2) is 9.18 Å². The SMILES string of the molecule is CC(OC(=O)c1cc2c(s1)CCC2)C(=O)c1ccc(F)cc1. The van der Waals surface area contributed by atoms with E-state index in [0.717, 1.165) is 19.3 Å². The maximum atomic E-state index is 12.9. The van der Waals surface area contributed by atoms with Crippen molar-refractivity contribution in [1.29, 1.82) is 0 Å². The van der Waals surface area contributed by atoms with E-state index in [1.54, 1.807) is 0 Å². The second-order valence-electron chi connectivity index (χ2n) is 5.33. The number of halogens is 1. The van der Waals surface area contributed by atoms with Gasteiger partial charge in [0.2, 0.25) is 5.78 Å². The zero-order chi connectivity index (χ0) is 15.7. The molecule has 0 bridgehead atoms. The second-order valence-corrected chi connectivity index (χ2v) is 6.47. The Hall–Kier alpha value is -2.01. The van der Waals surface area contributed by atoms with Gasteiger partial charge >= 0.3 is 5.97 Å².